The van der Waals surface area contributed by atoms with Gasteiger partial charge in [0.1, 0.15) is 17.3 Å². The average molecular weight is 277 g/mol. The fraction of sp³-hybridized carbons (Fsp3) is 0.462. The maximum atomic E-state index is 11.1. The molecule has 2 rings (SSSR count). The maximum Gasteiger partial charge on any atom is 0.309 e. The molecule has 1 fully saturated rings. The van der Waals surface area contributed by atoms with E-state index in [-0.39, 0.29) is 17.3 Å². The SMILES string of the molecule is CSC1CCCC1Nc1cccc(C#N)c1[N+](=O)[O-]. The normalized spacial score (nSPS) is 21.9. The Morgan fingerprint density at radius 1 is 1.53 bits per heavy atom. The second kappa shape index (κ2) is 5.93. The van der Waals surface area contributed by atoms with Crippen molar-refractivity contribution in [3.05, 3.63) is 33.9 Å². The van der Waals surface area contributed by atoms with E-state index in [0.29, 0.717) is 10.9 Å². The summed E-state index contributed by atoms with van der Waals surface area (Å²) in [6, 6.07) is 6.95. The van der Waals surface area contributed by atoms with Gasteiger partial charge in [0.2, 0.25) is 0 Å². The number of para-hydroxylation sites is 1. The number of rotatable bonds is 4. The van der Waals surface area contributed by atoms with Crippen LogP contribution in [0.1, 0.15) is 24.8 Å². The molecule has 0 heterocycles. The molecule has 0 spiro atoms. The molecule has 2 unspecified atom stereocenters. The van der Waals surface area contributed by atoms with Crippen LogP contribution in [0.15, 0.2) is 18.2 Å². The first-order valence-corrected chi connectivity index (χ1v) is 7.43. The van der Waals surface area contributed by atoms with Crippen molar-refractivity contribution in [3.63, 3.8) is 0 Å². The van der Waals surface area contributed by atoms with Crippen LogP contribution in [-0.4, -0.2) is 22.5 Å². The Hall–Kier alpha value is -1.74. The highest BCUT2D eigenvalue weighted by Crippen LogP contribution is 2.34. The van der Waals surface area contributed by atoms with Crippen LogP contribution in [-0.2, 0) is 0 Å². The van der Waals surface area contributed by atoms with Gasteiger partial charge in [0.05, 0.1) is 4.92 Å². The third-order valence-corrected chi connectivity index (χ3v) is 4.60. The van der Waals surface area contributed by atoms with Gasteiger partial charge in [0.25, 0.3) is 0 Å². The molecule has 0 radical (unpaired) electrons. The van der Waals surface area contributed by atoms with E-state index in [0.717, 1.165) is 19.3 Å². The monoisotopic (exact) mass is 277 g/mol. The molecule has 0 saturated heterocycles. The van der Waals surface area contributed by atoms with Crippen LogP contribution in [0.3, 0.4) is 0 Å². The lowest BCUT2D eigenvalue weighted by atomic mass is 10.1. The standard InChI is InChI=1S/C13H15N3O2S/c1-19-12-7-3-5-10(12)15-11-6-2-4-9(8-14)13(11)16(17)18/h2,4,6,10,12,15H,3,5,7H2,1H3. The average Bonchev–Trinajstić information content (AvgIpc) is 2.85. The largest absolute Gasteiger partial charge is 0.376 e. The summed E-state index contributed by atoms with van der Waals surface area (Å²) in [7, 11) is 0. The predicted molar refractivity (Wildman–Crippen MR) is 76.4 cm³/mol. The number of thioether (sulfide) groups is 1. The Kier molecular flexibility index (Phi) is 4.27. The maximum absolute atomic E-state index is 11.1. The summed E-state index contributed by atoms with van der Waals surface area (Å²) in [6.45, 7) is 0. The van der Waals surface area contributed by atoms with Gasteiger partial charge < -0.3 is 5.32 Å². The van der Waals surface area contributed by atoms with E-state index in [1.807, 2.05) is 6.07 Å². The number of nitriles is 1. The number of nitro benzene ring substituents is 1. The van der Waals surface area contributed by atoms with Crippen molar-refractivity contribution < 1.29 is 4.92 Å². The highest BCUT2D eigenvalue weighted by Gasteiger charge is 2.29. The Morgan fingerprint density at radius 2 is 2.32 bits per heavy atom. The van der Waals surface area contributed by atoms with Crippen molar-refractivity contribution in [2.75, 3.05) is 11.6 Å². The van der Waals surface area contributed by atoms with E-state index < -0.39 is 4.92 Å². The molecule has 0 amide bonds. The molecular weight excluding hydrogens is 262 g/mol. The van der Waals surface area contributed by atoms with Crippen LogP contribution in [0.4, 0.5) is 11.4 Å². The summed E-state index contributed by atoms with van der Waals surface area (Å²) in [5, 5.41) is 23.8. The molecule has 5 nitrogen and oxygen atoms in total. The molecule has 1 aliphatic carbocycles. The van der Waals surface area contributed by atoms with E-state index in [4.69, 9.17) is 5.26 Å². The molecule has 6 heteroatoms. The Balaban J connectivity index is 2.30. The fourth-order valence-corrected chi connectivity index (χ4v) is 3.45. The van der Waals surface area contributed by atoms with Gasteiger partial charge in [0.15, 0.2) is 0 Å². The molecule has 2 atom stereocenters. The number of hydrogen-bond donors (Lipinski definition) is 1. The van der Waals surface area contributed by atoms with Gasteiger partial charge in [-0.2, -0.15) is 17.0 Å². The van der Waals surface area contributed by atoms with E-state index in [9.17, 15) is 10.1 Å². The summed E-state index contributed by atoms with van der Waals surface area (Å²) < 4.78 is 0. The molecule has 1 N–H and O–H groups in total. The minimum Gasteiger partial charge on any atom is -0.376 e. The molecule has 1 saturated carbocycles. The second-order valence-electron chi connectivity index (χ2n) is 4.53. The van der Waals surface area contributed by atoms with Gasteiger partial charge in [0, 0.05) is 11.3 Å². The molecule has 100 valence electrons. The molecule has 1 aromatic carbocycles. The van der Waals surface area contributed by atoms with Crippen molar-refractivity contribution in [2.24, 2.45) is 0 Å². The molecule has 1 aliphatic rings. The van der Waals surface area contributed by atoms with Crippen molar-refractivity contribution in [1.29, 1.82) is 5.26 Å². The topological polar surface area (TPSA) is 79.0 Å². The van der Waals surface area contributed by atoms with Crippen LogP contribution >= 0.6 is 11.8 Å². The summed E-state index contributed by atoms with van der Waals surface area (Å²) in [5.74, 6) is 0. The number of hydrogen-bond acceptors (Lipinski definition) is 5. The smallest absolute Gasteiger partial charge is 0.309 e. The van der Waals surface area contributed by atoms with E-state index in [2.05, 4.69) is 11.6 Å². The van der Waals surface area contributed by atoms with Gasteiger partial charge in [-0.25, -0.2) is 0 Å². The molecule has 0 aromatic heterocycles. The number of nitrogens with one attached hydrogen (secondary N) is 1. The number of nitrogens with zero attached hydrogens (tertiary/aromatic N) is 2. The summed E-state index contributed by atoms with van der Waals surface area (Å²) >= 11 is 1.79. The van der Waals surface area contributed by atoms with Crippen LogP contribution in [0, 0.1) is 21.4 Å². The highest BCUT2D eigenvalue weighted by molar-refractivity contribution is 7.99. The quantitative estimate of drug-likeness (QED) is 0.675. The van der Waals surface area contributed by atoms with Gasteiger partial charge >= 0.3 is 5.69 Å². The van der Waals surface area contributed by atoms with Crippen LogP contribution in [0.2, 0.25) is 0 Å². The predicted octanol–water partition coefficient (Wildman–Crippen LogP) is 3.16. The molecule has 0 bridgehead atoms. The molecular formula is C13H15N3O2S. The summed E-state index contributed by atoms with van der Waals surface area (Å²) in [5.41, 5.74) is 0.445. The minimum absolute atomic E-state index is 0.105. The zero-order chi connectivity index (χ0) is 13.8. The highest BCUT2D eigenvalue weighted by atomic mass is 32.2. The zero-order valence-corrected chi connectivity index (χ0v) is 11.4. The first kappa shape index (κ1) is 13.7. The van der Waals surface area contributed by atoms with Crippen molar-refractivity contribution >= 4 is 23.1 Å². The second-order valence-corrected chi connectivity index (χ2v) is 5.60. The van der Waals surface area contributed by atoms with Crippen molar-refractivity contribution in [3.8, 4) is 6.07 Å². The Labute approximate surface area is 116 Å². The minimum atomic E-state index is -0.482. The van der Waals surface area contributed by atoms with Crippen LogP contribution in [0.25, 0.3) is 0 Å². The van der Waals surface area contributed by atoms with Crippen LogP contribution < -0.4 is 5.32 Å². The lowest BCUT2D eigenvalue weighted by Gasteiger charge is -2.20. The van der Waals surface area contributed by atoms with Gasteiger partial charge in [-0.05, 0) is 31.2 Å². The zero-order valence-electron chi connectivity index (χ0n) is 10.6. The lowest BCUT2D eigenvalue weighted by Crippen LogP contribution is -2.26. The number of anilines is 1. The Morgan fingerprint density at radius 3 is 2.95 bits per heavy atom. The van der Waals surface area contributed by atoms with E-state index in [1.165, 1.54) is 6.07 Å². The van der Waals surface area contributed by atoms with Crippen LogP contribution in [0.5, 0.6) is 0 Å². The van der Waals surface area contributed by atoms with Crippen molar-refractivity contribution in [2.45, 2.75) is 30.6 Å². The lowest BCUT2D eigenvalue weighted by molar-refractivity contribution is -0.384. The third kappa shape index (κ3) is 2.82. The first-order valence-electron chi connectivity index (χ1n) is 6.14. The van der Waals surface area contributed by atoms with Gasteiger partial charge in [-0.15, -0.1) is 0 Å². The summed E-state index contributed by atoms with van der Waals surface area (Å²) in [6.07, 6.45) is 5.34. The molecule has 1 aromatic rings. The molecule has 19 heavy (non-hydrogen) atoms. The van der Waals surface area contributed by atoms with E-state index >= 15 is 0 Å². The van der Waals surface area contributed by atoms with Crippen molar-refractivity contribution in [1.82, 2.24) is 0 Å². The van der Waals surface area contributed by atoms with Gasteiger partial charge in [-0.1, -0.05) is 12.5 Å². The molecule has 0 aliphatic heterocycles. The number of benzene rings is 1. The third-order valence-electron chi connectivity index (χ3n) is 3.44. The Bertz CT molecular complexity index is 527. The summed E-state index contributed by atoms with van der Waals surface area (Å²) in [4.78, 5) is 10.7. The first-order chi connectivity index (χ1) is 9.17. The number of nitro groups is 1. The fourth-order valence-electron chi connectivity index (χ4n) is 2.52. The van der Waals surface area contributed by atoms with E-state index in [1.54, 1.807) is 23.9 Å². The van der Waals surface area contributed by atoms with Gasteiger partial charge in [-0.3, -0.25) is 10.1 Å².